The van der Waals surface area contributed by atoms with Gasteiger partial charge in [-0.3, -0.25) is 4.79 Å². The smallest absolute Gasteiger partial charge is 0.224 e. The van der Waals surface area contributed by atoms with E-state index in [2.05, 4.69) is 5.32 Å². The summed E-state index contributed by atoms with van der Waals surface area (Å²) in [7, 11) is 0. The largest absolute Gasteiger partial charge is 0.486 e. The van der Waals surface area contributed by atoms with Crippen molar-refractivity contribution in [1.82, 2.24) is 5.32 Å². The molecule has 1 amide bonds. The van der Waals surface area contributed by atoms with Gasteiger partial charge in [-0.1, -0.05) is 17.7 Å². The number of halogens is 1. The molecule has 0 spiro atoms. The number of ether oxygens (including phenoxy) is 4. The molecule has 0 aromatic heterocycles. The van der Waals surface area contributed by atoms with Crippen LogP contribution in [-0.2, 0) is 17.6 Å². The number of hydrogen-bond donors (Lipinski definition) is 1. The van der Waals surface area contributed by atoms with Crippen molar-refractivity contribution in [1.29, 1.82) is 0 Å². The Balaban J connectivity index is 1.30. The maximum atomic E-state index is 12.2. The molecule has 2 aromatic carbocycles. The zero-order valence-corrected chi connectivity index (χ0v) is 15.5. The van der Waals surface area contributed by atoms with E-state index in [-0.39, 0.29) is 5.91 Å². The molecule has 2 aromatic rings. The predicted molar refractivity (Wildman–Crippen MR) is 100 cm³/mol. The predicted octanol–water partition coefficient (Wildman–Crippen LogP) is 2.78. The first-order valence-electron chi connectivity index (χ1n) is 8.92. The Morgan fingerprint density at radius 2 is 1.59 bits per heavy atom. The van der Waals surface area contributed by atoms with Gasteiger partial charge < -0.3 is 24.3 Å². The number of rotatable bonds is 5. The number of carbonyl (C=O) groups is 1. The summed E-state index contributed by atoms with van der Waals surface area (Å²) in [6, 6.07) is 9.34. The Morgan fingerprint density at radius 3 is 2.44 bits per heavy atom. The molecule has 0 saturated carbocycles. The maximum Gasteiger partial charge on any atom is 0.224 e. The second-order valence-electron chi connectivity index (χ2n) is 6.36. The molecule has 4 rings (SSSR count). The Bertz CT molecular complexity index is 855. The fraction of sp³-hybridized carbons (Fsp3) is 0.350. The van der Waals surface area contributed by atoms with Gasteiger partial charge in [-0.25, -0.2) is 0 Å². The molecule has 0 radical (unpaired) electrons. The van der Waals surface area contributed by atoms with E-state index in [0.29, 0.717) is 68.1 Å². The van der Waals surface area contributed by atoms with E-state index < -0.39 is 0 Å². The van der Waals surface area contributed by atoms with E-state index in [1.165, 1.54) is 0 Å². The molecule has 0 fully saturated rings. The summed E-state index contributed by atoms with van der Waals surface area (Å²) in [5.74, 6) is 2.62. The highest BCUT2D eigenvalue weighted by Crippen LogP contribution is 2.38. The minimum absolute atomic E-state index is 0.0460. The van der Waals surface area contributed by atoms with Crippen LogP contribution < -0.4 is 24.3 Å². The molecule has 0 atom stereocenters. The Hall–Kier alpha value is -2.60. The summed E-state index contributed by atoms with van der Waals surface area (Å²) < 4.78 is 22.1. The Morgan fingerprint density at radius 1 is 0.889 bits per heavy atom. The fourth-order valence-electron chi connectivity index (χ4n) is 3.10. The molecule has 7 heteroatoms. The van der Waals surface area contributed by atoms with Crippen molar-refractivity contribution < 1.29 is 23.7 Å². The average Bonchev–Trinajstić information content (AvgIpc) is 2.68. The SMILES string of the molecule is O=C(Cc1ccc2c(c1)OCCO2)NCCc1cc(Cl)c2c(c1)OCCO2. The fourth-order valence-corrected chi connectivity index (χ4v) is 3.39. The second kappa shape index (κ2) is 7.96. The number of hydrogen-bond acceptors (Lipinski definition) is 5. The molecule has 2 aliphatic heterocycles. The molecule has 0 bridgehead atoms. The van der Waals surface area contributed by atoms with Crippen LogP contribution in [0.3, 0.4) is 0 Å². The summed E-state index contributed by atoms with van der Waals surface area (Å²) in [5, 5.41) is 3.47. The van der Waals surface area contributed by atoms with Crippen LogP contribution >= 0.6 is 11.6 Å². The Labute approximate surface area is 162 Å². The summed E-state index contributed by atoms with van der Waals surface area (Å²) in [4.78, 5) is 12.2. The molecule has 0 saturated heterocycles. The molecule has 27 heavy (non-hydrogen) atoms. The van der Waals surface area contributed by atoms with Gasteiger partial charge in [0.15, 0.2) is 23.0 Å². The van der Waals surface area contributed by atoms with E-state index >= 15 is 0 Å². The second-order valence-corrected chi connectivity index (χ2v) is 6.76. The van der Waals surface area contributed by atoms with E-state index in [1.807, 2.05) is 30.3 Å². The van der Waals surface area contributed by atoms with Gasteiger partial charge in [-0.05, 0) is 41.8 Å². The molecule has 0 unspecified atom stereocenters. The van der Waals surface area contributed by atoms with Gasteiger partial charge in [0.25, 0.3) is 0 Å². The van der Waals surface area contributed by atoms with Crippen LogP contribution in [-0.4, -0.2) is 38.9 Å². The van der Waals surface area contributed by atoms with Crippen molar-refractivity contribution in [2.45, 2.75) is 12.8 Å². The summed E-state index contributed by atoms with van der Waals surface area (Å²) >= 11 is 6.24. The summed E-state index contributed by atoms with van der Waals surface area (Å²) in [6.45, 7) is 2.61. The zero-order valence-electron chi connectivity index (χ0n) is 14.8. The normalized spacial score (nSPS) is 14.6. The van der Waals surface area contributed by atoms with Crippen LogP contribution in [0.15, 0.2) is 30.3 Å². The van der Waals surface area contributed by atoms with Crippen LogP contribution in [0.25, 0.3) is 0 Å². The standard InChI is InChI=1S/C20H20ClNO5/c21-15-9-14(11-18-20(15)27-8-7-26-18)3-4-22-19(23)12-13-1-2-16-17(10-13)25-6-5-24-16/h1-2,9-11H,3-8,12H2,(H,22,23). The monoisotopic (exact) mass is 389 g/mol. The highest BCUT2D eigenvalue weighted by molar-refractivity contribution is 6.32. The van der Waals surface area contributed by atoms with Crippen molar-refractivity contribution in [3.05, 3.63) is 46.5 Å². The molecule has 2 aliphatic rings. The van der Waals surface area contributed by atoms with Gasteiger partial charge in [0.1, 0.15) is 26.4 Å². The highest BCUT2D eigenvalue weighted by Gasteiger charge is 2.17. The number of fused-ring (bicyclic) bond motifs is 2. The van der Waals surface area contributed by atoms with Crippen LogP contribution in [0, 0.1) is 0 Å². The minimum atomic E-state index is -0.0460. The molecule has 6 nitrogen and oxygen atoms in total. The molecule has 1 N–H and O–H groups in total. The number of nitrogens with one attached hydrogen (secondary N) is 1. The van der Waals surface area contributed by atoms with Crippen molar-refractivity contribution >= 4 is 17.5 Å². The van der Waals surface area contributed by atoms with Crippen LogP contribution in [0.2, 0.25) is 5.02 Å². The van der Waals surface area contributed by atoms with Gasteiger partial charge in [0.05, 0.1) is 11.4 Å². The maximum absolute atomic E-state index is 12.2. The molecular weight excluding hydrogens is 370 g/mol. The van der Waals surface area contributed by atoms with E-state index in [9.17, 15) is 4.79 Å². The van der Waals surface area contributed by atoms with Crippen LogP contribution in [0.5, 0.6) is 23.0 Å². The lowest BCUT2D eigenvalue weighted by atomic mass is 10.1. The van der Waals surface area contributed by atoms with E-state index in [0.717, 1.165) is 16.9 Å². The van der Waals surface area contributed by atoms with Gasteiger partial charge in [0.2, 0.25) is 5.91 Å². The average molecular weight is 390 g/mol. The lowest BCUT2D eigenvalue weighted by molar-refractivity contribution is -0.120. The van der Waals surface area contributed by atoms with E-state index in [1.54, 1.807) is 0 Å². The van der Waals surface area contributed by atoms with Crippen molar-refractivity contribution in [2.75, 3.05) is 33.0 Å². The Kier molecular flexibility index (Phi) is 5.25. The quantitative estimate of drug-likeness (QED) is 0.851. The first-order chi connectivity index (χ1) is 13.2. The molecule has 2 heterocycles. The van der Waals surface area contributed by atoms with Gasteiger partial charge in [-0.2, -0.15) is 0 Å². The first-order valence-corrected chi connectivity index (χ1v) is 9.30. The van der Waals surface area contributed by atoms with Crippen molar-refractivity contribution in [2.24, 2.45) is 0 Å². The molecular formula is C20H20ClNO5. The lowest BCUT2D eigenvalue weighted by Crippen LogP contribution is -2.27. The third-order valence-electron chi connectivity index (χ3n) is 4.36. The lowest BCUT2D eigenvalue weighted by Gasteiger charge is -2.20. The summed E-state index contributed by atoms with van der Waals surface area (Å²) in [5.41, 5.74) is 1.88. The summed E-state index contributed by atoms with van der Waals surface area (Å²) in [6.07, 6.45) is 0.946. The number of benzene rings is 2. The van der Waals surface area contributed by atoms with Crippen molar-refractivity contribution in [3.8, 4) is 23.0 Å². The van der Waals surface area contributed by atoms with E-state index in [4.69, 9.17) is 30.5 Å². The van der Waals surface area contributed by atoms with Crippen LogP contribution in [0.4, 0.5) is 0 Å². The molecule has 142 valence electrons. The number of carbonyl (C=O) groups excluding carboxylic acids is 1. The number of amides is 1. The van der Waals surface area contributed by atoms with Gasteiger partial charge >= 0.3 is 0 Å². The third kappa shape index (κ3) is 4.22. The third-order valence-corrected chi connectivity index (χ3v) is 4.64. The van der Waals surface area contributed by atoms with Gasteiger partial charge in [-0.15, -0.1) is 0 Å². The zero-order chi connectivity index (χ0) is 18.6. The minimum Gasteiger partial charge on any atom is -0.486 e. The van der Waals surface area contributed by atoms with Crippen LogP contribution in [0.1, 0.15) is 11.1 Å². The first kappa shape index (κ1) is 17.8. The topological polar surface area (TPSA) is 66.0 Å². The van der Waals surface area contributed by atoms with Crippen molar-refractivity contribution in [3.63, 3.8) is 0 Å². The highest BCUT2D eigenvalue weighted by atomic mass is 35.5. The van der Waals surface area contributed by atoms with Gasteiger partial charge in [0, 0.05) is 6.54 Å². The molecule has 0 aliphatic carbocycles.